The minimum Gasteiger partial charge on any atom is -0.491 e. The summed E-state index contributed by atoms with van der Waals surface area (Å²) in [6.07, 6.45) is 5.98. The van der Waals surface area contributed by atoms with E-state index in [1.165, 1.54) is 24.0 Å². The van der Waals surface area contributed by atoms with Crippen LogP contribution >= 0.6 is 22.6 Å². The fraction of sp³-hybridized carbons (Fsp3) is 0.263. The third-order valence-electron chi connectivity index (χ3n) is 3.56. The minimum atomic E-state index is -0.611. The molecule has 0 aliphatic heterocycles. The number of pyridine rings is 1. The van der Waals surface area contributed by atoms with Gasteiger partial charge in [-0.3, -0.25) is 9.78 Å². The lowest BCUT2D eigenvalue weighted by Crippen LogP contribution is -2.17. The number of nitrogens with zero attached hydrogens (tertiary/aromatic N) is 1. The Balaban J connectivity index is 2.27. The molecule has 132 valence electrons. The zero-order valence-corrected chi connectivity index (χ0v) is 16.3. The van der Waals surface area contributed by atoms with E-state index in [1.54, 1.807) is 6.07 Å². The Morgan fingerprint density at radius 3 is 2.72 bits per heavy atom. The summed E-state index contributed by atoms with van der Waals surface area (Å²) in [5.41, 5.74) is 8.01. The lowest BCUT2D eigenvalue weighted by molar-refractivity contribution is 0.0995. The Labute approximate surface area is 160 Å². The van der Waals surface area contributed by atoms with Crippen molar-refractivity contribution in [1.82, 2.24) is 4.98 Å². The maximum atomic E-state index is 14.1. The van der Waals surface area contributed by atoms with Crippen molar-refractivity contribution in [3.63, 3.8) is 0 Å². The van der Waals surface area contributed by atoms with Crippen LogP contribution in [0.25, 0.3) is 0 Å². The van der Waals surface area contributed by atoms with E-state index in [0.29, 0.717) is 23.5 Å². The summed E-state index contributed by atoms with van der Waals surface area (Å²) in [5, 5.41) is 0. The Morgan fingerprint density at radius 2 is 2.08 bits per heavy atom. The van der Waals surface area contributed by atoms with Crippen LogP contribution in [0.1, 0.15) is 41.8 Å². The van der Waals surface area contributed by atoms with Gasteiger partial charge in [-0.1, -0.05) is 17.7 Å². The molecule has 0 bridgehead atoms. The van der Waals surface area contributed by atoms with E-state index in [9.17, 15) is 9.18 Å². The third-order valence-corrected chi connectivity index (χ3v) is 4.23. The number of benzene rings is 1. The number of nitrogens with two attached hydrogens (primary N) is 1. The average molecular weight is 454 g/mol. The van der Waals surface area contributed by atoms with Gasteiger partial charge in [0, 0.05) is 16.2 Å². The molecule has 0 atom stereocenters. The SMILES string of the molecule is CC(C)=CCCOc1cncc(Cc2ccc(I)cc2F)c1C(N)=O. The number of rotatable bonds is 7. The molecule has 2 aromatic rings. The van der Waals surface area contributed by atoms with Gasteiger partial charge in [0.05, 0.1) is 18.4 Å². The van der Waals surface area contributed by atoms with E-state index in [4.69, 9.17) is 10.5 Å². The molecule has 0 fully saturated rings. The van der Waals surface area contributed by atoms with Crippen molar-refractivity contribution in [2.24, 2.45) is 5.73 Å². The Bertz CT molecular complexity index is 802. The third kappa shape index (κ3) is 5.52. The summed E-state index contributed by atoms with van der Waals surface area (Å²) in [4.78, 5) is 16.0. The summed E-state index contributed by atoms with van der Waals surface area (Å²) in [5.74, 6) is -0.601. The van der Waals surface area contributed by atoms with Crippen molar-refractivity contribution >= 4 is 28.5 Å². The van der Waals surface area contributed by atoms with E-state index < -0.39 is 5.91 Å². The van der Waals surface area contributed by atoms with Gasteiger partial charge < -0.3 is 10.5 Å². The molecule has 6 heteroatoms. The van der Waals surface area contributed by atoms with Crippen LogP contribution in [0.2, 0.25) is 0 Å². The minimum absolute atomic E-state index is 0.221. The van der Waals surface area contributed by atoms with Crippen LogP contribution < -0.4 is 10.5 Å². The molecule has 0 aliphatic carbocycles. The number of ether oxygens (including phenoxy) is 1. The van der Waals surface area contributed by atoms with Gasteiger partial charge >= 0.3 is 0 Å². The molecule has 0 saturated carbocycles. The van der Waals surface area contributed by atoms with E-state index in [-0.39, 0.29) is 17.8 Å². The van der Waals surface area contributed by atoms with E-state index >= 15 is 0 Å². The number of aromatic nitrogens is 1. The normalized spacial score (nSPS) is 10.4. The maximum absolute atomic E-state index is 14.1. The number of hydrogen-bond donors (Lipinski definition) is 1. The standard InChI is InChI=1S/C19H20FIN2O2/c1-12(2)4-3-7-25-17-11-23-10-14(18(17)19(22)24)8-13-5-6-15(21)9-16(13)20/h4-6,9-11H,3,7-8H2,1-2H3,(H2,22,24). The zero-order chi connectivity index (χ0) is 18.4. The van der Waals surface area contributed by atoms with Gasteiger partial charge in [-0.05, 0) is 66.1 Å². The van der Waals surface area contributed by atoms with Crippen molar-refractivity contribution in [1.29, 1.82) is 0 Å². The average Bonchev–Trinajstić information content (AvgIpc) is 2.54. The van der Waals surface area contributed by atoms with Gasteiger partial charge in [0.25, 0.3) is 5.91 Å². The summed E-state index contributed by atoms with van der Waals surface area (Å²) in [6.45, 7) is 4.42. The number of primary amides is 1. The van der Waals surface area contributed by atoms with Crippen molar-refractivity contribution in [3.05, 3.63) is 68.3 Å². The summed E-state index contributed by atoms with van der Waals surface area (Å²) < 4.78 is 20.6. The van der Waals surface area contributed by atoms with Crippen molar-refractivity contribution < 1.29 is 13.9 Å². The number of amides is 1. The van der Waals surface area contributed by atoms with E-state index in [0.717, 1.165) is 9.99 Å². The van der Waals surface area contributed by atoms with Crippen molar-refractivity contribution in [3.8, 4) is 5.75 Å². The van der Waals surface area contributed by atoms with Gasteiger partial charge in [0.2, 0.25) is 0 Å². The summed E-state index contributed by atoms with van der Waals surface area (Å²) in [7, 11) is 0. The molecule has 0 aliphatic rings. The van der Waals surface area contributed by atoms with Crippen LogP contribution in [0, 0.1) is 9.39 Å². The number of hydrogen-bond acceptors (Lipinski definition) is 3. The molecule has 25 heavy (non-hydrogen) atoms. The first-order valence-electron chi connectivity index (χ1n) is 7.85. The molecule has 1 aromatic heterocycles. The second kappa shape index (κ2) is 8.94. The topological polar surface area (TPSA) is 65.2 Å². The van der Waals surface area contributed by atoms with Crippen LogP contribution in [0.4, 0.5) is 4.39 Å². The van der Waals surface area contributed by atoms with Crippen LogP contribution in [-0.4, -0.2) is 17.5 Å². The second-order valence-corrected chi connectivity index (χ2v) is 7.11. The maximum Gasteiger partial charge on any atom is 0.252 e. The molecule has 0 radical (unpaired) electrons. The fourth-order valence-electron chi connectivity index (χ4n) is 2.39. The number of carbonyl (C=O) groups is 1. The number of halogens is 2. The molecular formula is C19H20FIN2O2. The quantitative estimate of drug-likeness (QED) is 0.387. The van der Waals surface area contributed by atoms with Gasteiger partial charge in [-0.2, -0.15) is 0 Å². The first kappa shape index (κ1) is 19.4. The molecular weight excluding hydrogens is 434 g/mol. The zero-order valence-electron chi connectivity index (χ0n) is 14.2. The summed E-state index contributed by atoms with van der Waals surface area (Å²) >= 11 is 2.05. The molecule has 1 heterocycles. The monoisotopic (exact) mass is 454 g/mol. The second-order valence-electron chi connectivity index (χ2n) is 5.87. The highest BCUT2D eigenvalue weighted by molar-refractivity contribution is 14.1. The predicted molar refractivity (Wildman–Crippen MR) is 104 cm³/mol. The van der Waals surface area contributed by atoms with E-state index in [1.807, 2.05) is 48.6 Å². The van der Waals surface area contributed by atoms with Crippen LogP contribution in [0.3, 0.4) is 0 Å². The number of carbonyl (C=O) groups excluding carboxylic acids is 1. The fourth-order valence-corrected chi connectivity index (χ4v) is 2.85. The first-order valence-corrected chi connectivity index (χ1v) is 8.93. The predicted octanol–water partition coefficient (Wildman–Crippen LogP) is 4.25. The molecule has 0 spiro atoms. The van der Waals surface area contributed by atoms with Gasteiger partial charge in [-0.25, -0.2) is 4.39 Å². The van der Waals surface area contributed by atoms with Crippen LogP contribution in [0.5, 0.6) is 5.75 Å². The van der Waals surface area contributed by atoms with Crippen LogP contribution in [0.15, 0.2) is 42.2 Å². The highest BCUT2D eigenvalue weighted by Gasteiger charge is 2.17. The lowest BCUT2D eigenvalue weighted by Gasteiger charge is -2.13. The Morgan fingerprint density at radius 1 is 1.32 bits per heavy atom. The molecule has 2 N–H and O–H groups in total. The molecule has 4 nitrogen and oxygen atoms in total. The number of allylic oxidation sites excluding steroid dienone is 1. The van der Waals surface area contributed by atoms with Gasteiger partial charge in [-0.15, -0.1) is 0 Å². The molecule has 0 unspecified atom stereocenters. The van der Waals surface area contributed by atoms with Crippen molar-refractivity contribution in [2.45, 2.75) is 26.7 Å². The summed E-state index contributed by atoms with van der Waals surface area (Å²) in [6, 6.07) is 4.97. The Kier molecular flexibility index (Phi) is 6.92. The smallest absolute Gasteiger partial charge is 0.252 e. The van der Waals surface area contributed by atoms with Gasteiger partial charge in [0.1, 0.15) is 5.82 Å². The molecule has 1 aromatic carbocycles. The first-order chi connectivity index (χ1) is 11.9. The van der Waals surface area contributed by atoms with Crippen LogP contribution in [-0.2, 0) is 6.42 Å². The molecule has 2 rings (SSSR count). The van der Waals surface area contributed by atoms with E-state index in [2.05, 4.69) is 4.98 Å². The highest BCUT2D eigenvalue weighted by atomic mass is 127. The highest BCUT2D eigenvalue weighted by Crippen LogP contribution is 2.24. The molecule has 1 amide bonds. The molecule has 0 saturated heterocycles. The Hall–Kier alpha value is -1.96. The van der Waals surface area contributed by atoms with Crippen molar-refractivity contribution in [2.75, 3.05) is 6.61 Å². The lowest BCUT2D eigenvalue weighted by atomic mass is 10.0. The largest absolute Gasteiger partial charge is 0.491 e. The van der Waals surface area contributed by atoms with Gasteiger partial charge in [0.15, 0.2) is 5.75 Å².